The van der Waals surface area contributed by atoms with Gasteiger partial charge in [0.05, 0.1) is 11.2 Å². The number of nitrogens with two attached hydrogens (primary N) is 1. The summed E-state index contributed by atoms with van der Waals surface area (Å²) in [5.41, 5.74) is 8.19. The molecule has 3 aromatic carbocycles. The summed E-state index contributed by atoms with van der Waals surface area (Å²) in [5.74, 6) is 0.128. The highest BCUT2D eigenvalue weighted by molar-refractivity contribution is 6.30. The van der Waals surface area contributed by atoms with Crippen LogP contribution in [0.2, 0.25) is 5.02 Å². The third-order valence-corrected chi connectivity index (χ3v) is 7.45. The largest absolute Gasteiger partial charge is 0.403 e. The van der Waals surface area contributed by atoms with Crippen molar-refractivity contribution in [2.24, 2.45) is 18.7 Å². The quantitative estimate of drug-likeness (QED) is 0.252. The molecule has 0 aliphatic rings. The number of hydrogen-bond donors (Lipinski definition) is 3. The highest BCUT2D eigenvalue weighted by Gasteiger charge is 2.38. The van der Waals surface area contributed by atoms with Crippen LogP contribution in [0.5, 0.6) is 0 Å². The molecule has 0 aliphatic carbocycles. The summed E-state index contributed by atoms with van der Waals surface area (Å²) in [4.78, 5) is 27.2. The number of halogens is 1. The number of likely N-dealkylation sites (N-methyl/N-ethyl adjacent to an activating group) is 1. The summed E-state index contributed by atoms with van der Waals surface area (Å²) in [6.45, 7) is 8.46. The maximum atomic E-state index is 12.9. The molecular weight excluding hydrogens is 536 g/mol. The molecule has 1 amide bonds. The molecule has 0 spiro atoms. The number of carbonyl (C=O) groups is 1. The predicted octanol–water partition coefficient (Wildman–Crippen LogP) is 5.36. The van der Waals surface area contributed by atoms with Crippen LogP contribution in [0.4, 0.5) is 0 Å². The molecule has 0 aliphatic heterocycles. The number of amides is 1. The topological polar surface area (TPSA) is 101 Å². The van der Waals surface area contributed by atoms with E-state index in [0.29, 0.717) is 51.0 Å². The number of nitrogens with one attached hydrogen (secondary N) is 1. The summed E-state index contributed by atoms with van der Waals surface area (Å²) in [6.07, 6.45) is 2.90. The van der Waals surface area contributed by atoms with Crippen LogP contribution < -0.4 is 16.6 Å². The van der Waals surface area contributed by atoms with E-state index in [4.69, 9.17) is 17.3 Å². The highest BCUT2D eigenvalue weighted by atomic mass is 35.5. The van der Waals surface area contributed by atoms with Crippen LogP contribution in [0, 0.1) is 5.92 Å². The molecule has 1 atom stereocenters. The van der Waals surface area contributed by atoms with Gasteiger partial charge in [-0.3, -0.25) is 9.59 Å². The zero-order valence-electron chi connectivity index (χ0n) is 23.7. The van der Waals surface area contributed by atoms with Crippen molar-refractivity contribution in [3.63, 3.8) is 0 Å². The van der Waals surface area contributed by atoms with E-state index in [1.807, 2.05) is 32.0 Å². The van der Waals surface area contributed by atoms with Gasteiger partial charge in [0, 0.05) is 48.9 Å². The number of nitrogens with zero attached hydrogens (tertiary/aromatic N) is 2. The van der Waals surface area contributed by atoms with Gasteiger partial charge in [0.2, 0.25) is 0 Å². The molecule has 0 saturated carbocycles. The van der Waals surface area contributed by atoms with E-state index in [-0.39, 0.29) is 11.5 Å². The molecule has 0 radical (unpaired) electrons. The van der Waals surface area contributed by atoms with Crippen molar-refractivity contribution in [3.05, 3.63) is 130 Å². The maximum Gasteiger partial charge on any atom is 0.251 e. The van der Waals surface area contributed by atoms with Gasteiger partial charge in [-0.15, -0.1) is 0 Å². The molecule has 4 rings (SSSR count). The zero-order chi connectivity index (χ0) is 29.9. The minimum atomic E-state index is -1.74. The van der Waals surface area contributed by atoms with Crippen LogP contribution >= 0.6 is 11.6 Å². The molecule has 0 saturated heterocycles. The predicted molar refractivity (Wildman–Crippen MR) is 166 cm³/mol. The van der Waals surface area contributed by atoms with Crippen LogP contribution in [0.15, 0.2) is 102 Å². The van der Waals surface area contributed by atoms with E-state index in [9.17, 15) is 14.7 Å². The molecule has 8 heteroatoms. The van der Waals surface area contributed by atoms with Gasteiger partial charge < -0.3 is 25.6 Å². The number of aromatic nitrogens is 1. The second-order valence-electron chi connectivity index (χ2n) is 10.4. The van der Waals surface area contributed by atoms with Gasteiger partial charge in [-0.05, 0) is 70.8 Å². The Bertz CT molecular complexity index is 1690. The Morgan fingerprint density at radius 1 is 1.12 bits per heavy atom. The summed E-state index contributed by atoms with van der Waals surface area (Å²) in [7, 11) is 3.45. The molecule has 4 aromatic rings. The van der Waals surface area contributed by atoms with Gasteiger partial charge in [0.1, 0.15) is 0 Å². The first-order chi connectivity index (χ1) is 19.5. The van der Waals surface area contributed by atoms with Crippen molar-refractivity contribution < 1.29 is 9.90 Å². The van der Waals surface area contributed by atoms with Crippen molar-refractivity contribution >= 4 is 28.4 Å². The lowest BCUT2D eigenvalue weighted by molar-refractivity contribution is 0.0940. The number of pyridine rings is 1. The average molecular weight is 571 g/mol. The Morgan fingerprint density at radius 3 is 2.41 bits per heavy atom. The second-order valence-corrected chi connectivity index (χ2v) is 10.9. The molecule has 4 N–H and O–H groups in total. The van der Waals surface area contributed by atoms with Crippen molar-refractivity contribution in [1.82, 2.24) is 14.8 Å². The fraction of sp³-hybridized carbons (Fsp3) is 0.212. The maximum absolute atomic E-state index is 12.9. The lowest BCUT2D eigenvalue weighted by Crippen LogP contribution is -2.37. The Morgan fingerprint density at radius 2 is 1.80 bits per heavy atom. The Labute approximate surface area is 245 Å². The average Bonchev–Trinajstić information content (AvgIpc) is 2.97. The number of fused-ring (bicyclic) bond motifs is 1. The minimum absolute atomic E-state index is 0.171. The third kappa shape index (κ3) is 5.78. The number of benzene rings is 3. The molecule has 1 heterocycles. The van der Waals surface area contributed by atoms with Gasteiger partial charge in [-0.1, -0.05) is 62.4 Å². The highest BCUT2D eigenvalue weighted by Crippen LogP contribution is 2.40. The fourth-order valence-electron chi connectivity index (χ4n) is 4.90. The van der Waals surface area contributed by atoms with Crippen LogP contribution in [-0.4, -0.2) is 34.1 Å². The minimum Gasteiger partial charge on any atom is -0.403 e. The number of carbonyl (C=O) groups excluding carboxylic acids is 1. The molecule has 212 valence electrons. The van der Waals surface area contributed by atoms with Gasteiger partial charge in [0.15, 0.2) is 5.60 Å². The molecule has 1 unspecified atom stereocenters. The van der Waals surface area contributed by atoms with Crippen LogP contribution in [0.25, 0.3) is 22.0 Å². The number of rotatable bonds is 9. The summed E-state index contributed by atoms with van der Waals surface area (Å²) >= 11 is 6.29. The Hall–Kier alpha value is -4.33. The fourth-order valence-corrected chi connectivity index (χ4v) is 5.09. The molecular formula is C33H35ClN4O3. The molecule has 41 heavy (non-hydrogen) atoms. The summed E-state index contributed by atoms with van der Waals surface area (Å²) in [6, 6.07) is 21.1. The van der Waals surface area contributed by atoms with Gasteiger partial charge in [0.25, 0.3) is 11.5 Å². The zero-order valence-corrected chi connectivity index (χ0v) is 24.4. The lowest BCUT2D eigenvalue weighted by atomic mass is 9.81. The molecule has 0 bridgehead atoms. The SMILES string of the molecule is C=CN(C)/C(=C\N)C(O)(c1ccc(C(=O)NCC(C)C)cc1)c1ccc2c(c1)c(-c1cccc(Cl)c1)cc(=O)n2C. The molecule has 1 aromatic heterocycles. The van der Waals surface area contributed by atoms with Gasteiger partial charge in [-0.25, -0.2) is 0 Å². The van der Waals surface area contributed by atoms with E-state index in [1.54, 1.807) is 84.4 Å². The summed E-state index contributed by atoms with van der Waals surface area (Å²) < 4.78 is 1.56. The van der Waals surface area contributed by atoms with Crippen molar-refractivity contribution in [2.45, 2.75) is 19.4 Å². The second kappa shape index (κ2) is 12.0. The van der Waals surface area contributed by atoms with E-state index in [0.717, 1.165) is 10.9 Å². The van der Waals surface area contributed by atoms with Crippen molar-refractivity contribution in [2.75, 3.05) is 13.6 Å². The molecule has 7 nitrogen and oxygen atoms in total. The molecule has 0 fully saturated rings. The normalized spacial score (nSPS) is 13.2. The summed E-state index contributed by atoms with van der Waals surface area (Å²) in [5, 5.41) is 16.8. The number of hydrogen-bond acceptors (Lipinski definition) is 5. The standard InChI is InChI=1S/C33H35ClN4O3/c1-6-37(4)30(19-35)33(41,24-12-10-22(11-13-24)32(40)36-20-21(2)3)25-14-15-29-28(17-25)27(18-31(39)38(29)5)23-8-7-9-26(34)16-23/h6-19,21,41H,1,20,35H2,2-5H3,(H,36,40)/b30-19-. The monoisotopic (exact) mass is 570 g/mol. The first-order valence-electron chi connectivity index (χ1n) is 13.3. The number of aliphatic hydroxyl groups is 1. The Balaban J connectivity index is 1.95. The van der Waals surface area contributed by atoms with E-state index >= 15 is 0 Å². The van der Waals surface area contributed by atoms with Gasteiger partial charge in [-0.2, -0.15) is 0 Å². The van der Waals surface area contributed by atoms with E-state index in [1.165, 1.54) is 6.20 Å². The lowest BCUT2D eigenvalue weighted by Gasteiger charge is -2.36. The van der Waals surface area contributed by atoms with E-state index in [2.05, 4.69) is 11.9 Å². The van der Waals surface area contributed by atoms with Crippen LogP contribution in [-0.2, 0) is 12.6 Å². The number of aryl methyl sites for hydroxylation is 1. The van der Waals surface area contributed by atoms with Crippen LogP contribution in [0.3, 0.4) is 0 Å². The van der Waals surface area contributed by atoms with Crippen LogP contribution in [0.1, 0.15) is 35.3 Å². The van der Waals surface area contributed by atoms with Crippen molar-refractivity contribution in [3.8, 4) is 11.1 Å². The Kier molecular flexibility index (Phi) is 8.71. The smallest absolute Gasteiger partial charge is 0.251 e. The van der Waals surface area contributed by atoms with Gasteiger partial charge >= 0.3 is 0 Å². The third-order valence-electron chi connectivity index (χ3n) is 7.22. The van der Waals surface area contributed by atoms with Crippen molar-refractivity contribution in [1.29, 1.82) is 0 Å². The first-order valence-corrected chi connectivity index (χ1v) is 13.7. The van der Waals surface area contributed by atoms with E-state index < -0.39 is 5.60 Å². The first kappa shape index (κ1) is 29.6.